The highest BCUT2D eigenvalue weighted by Gasteiger charge is 2.01. The van der Waals surface area contributed by atoms with Crippen LogP contribution in [0.3, 0.4) is 0 Å². The number of rotatable bonds is 5. The summed E-state index contributed by atoms with van der Waals surface area (Å²) in [5.74, 6) is 1.21. The number of nitrogens with one attached hydrogen (secondary N) is 2. The maximum Gasteiger partial charge on any atom is 0.244 e. The predicted molar refractivity (Wildman–Crippen MR) is 77.4 cm³/mol. The van der Waals surface area contributed by atoms with E-state index in [0.29, 0.717) is 24.4 Å². The molecule has 0 aliphatic rings. The molecule has 0 unspecified atom stereocenters. The van der Waals surface area contributed by atoms with Crippen molar-refractivity contribution in [2.24, 2.45) is 0 Å². The molecule has 0 fully saturated rings. The predicted octanol–water partition coefficient (Wildman–Crippen LogP) is 2.96. The number of hydrogen-bond donors (Lipinski definition) is 2. The van der Waals surface area contributed by atoms with Crippen LogP contribution >= 0.6 is 11.6 Å². The van der Waals surface area contributed by atoms with E-state index in [9.17, 15) is 0 Å². The first kappa shape index (κ1) is 13.5. The number of aromatic nitrogens is 3. The van der Waals surface area contributed by atoms with E-state index in [4.69, 9.17) is 11.6 Å². The van der Waals surface area contributed by atoms with E-state index in [0.717, 1.165) is 10.6 Å². The van der Waals surface area contributed by atoms with Crippen LogP contribution in [0.5, 0.6) is 0 Å². The summed E-state index contributed by atoms with van der Waals surface area (Å²) in [4.78, 5) is 4.32. The molecule has 1 aromatic heterocycles. The second-order valence-corrected chi connectivity index (χ2v) is 4.88. The molecule has 2 aromatic rings. The molecule has 1 aromatic carbocycles. The standard InChI is InChI=1S/C13H16ClN5/c1-9(2)17-12-8-16-19-13(18-12)15-7-10-3-5-11(14)6-4-10/h3-6,8-9H,7H2,1-2H3,(H2,15,17,18,19). The maximum atomic E-state index is 5.83. The second-order valence-electron chi connectivity index (χ2n) is 4.44. The fourth-order valence-corrected chi connectivity index (χ4v) is 1.65. The van der Waals surface area contributed by atoms with E-state index >= 15 is 0 Å². The molecule has 2 rings (SSSR count). The van der Waals surface area contributed by atoms with Crippen molar-refractivity contribution < 1.29 is 0 Å². The Morgan fingerprint density at radius 2 is 1.95 bits per heavy atom. The average Bonchev–Trinajstić information content (AvgIpc) is 2.38. The summed E-state index contributed by atoms with van der Waals surface area (Å²) in [6.45, 7) is 4.72. The average molecular weight is 278 g/mol. The fraction of sp³-hybridized carbons (Fsp3) is 0.308. The minimum absolute atomic E-state index is 0.306. The van der Waals surface area contributed by atoms with Crippen molar-refractivity contribution in [1.82, 2.24) is 15.2 Å². The number of benzene rings is 1. The first-order valence-electron chi connectivity index (χ1n) is 6.08. The molecular weight excluding hydrogens is 262 g/mol. The molecule has 0 saturated carbocycles. The first-order chi connectivity index (χ1) is 9.13. The van der Waals surface area contributed by atoms with Crippen molar-refractivity contribution >= 4 is 23.4 Å². The van der Waals surface area contributed by atoms with Gasteiger partial charge < -0.3 is 10.6 Å². The van der Waals surface area contributed by atoms with Crippen molar-refractivity contribution in [2.45, 2.75) is 26.4 Å². The monoisotopic (exact) mass is 277 g/mol. The molecule has 5 nitrogen and oxygen atoms in total. The molecule has 1 heterocycles. The Morgan fingerprint density at radius 3 is 2.63 bits per heavy atom. The van der Waals surface area contributed by atoms with Crippen molar-refractivity contribution in [1.29, 1.82) is 0 Å². The van der Waals surface area contributed by atoms with Gasteiger partial charge in [-0.25, -0.2) is 0 Å². The minimum atomic E-state index is 0.306. The van der Waals surface area contributed by atoms with Gasteiger partial charge in [0.25, 0.3) is 0 Å². The molecular formula is C13H16ClN5. The summed E-state index contributed by atoms with van der Waals surface area (Å²) < 4.78 is 0. The van der Waals surface area contributed by atoms with Crippen molar-refractivity contribution in [3.63, 3.8) is 0 Å². The number of hydrogen-bond acceptors (Lipinski definition) is 5. The summed E-state index contributed by atoms with van der Waals surface area (Å²) in [5, 5.41) is 14.9. The minimum Gasteiger partial charge on any atom is -0.366 e. The zero-order valence-corrected chi connectivity index (χ0v) is 11.6. The number of anilines is 2. The molecule has 0 atom stereocenters. The second kappa shape index (κ2) is 6.33. The summed E-state index contributed by atoms with van der Waals surface area (Å²) >= 11 is 5.83. The van der Waals surface area contributed by atoms with E-state index in [1.165, 1.54) is 0 Å². The SMILES string of the molecule is CC(C)Nc1cnnc(NCc2ccc(Cl)cc2)n1. The summed E-state index contributed by atoms with van der Waals surface area (Å²) in [6, 6.07) is 7.93. The molecule has 19 heavy (non-hydrogen) atoms. The number of nitrogens with zero attached hydrogens (tertiary/aromatic N) is 3. The van der Waals surface area contributed by atoms with Gasteiger partial charge in [0, 0.05) is 17.6 Å². The Labute approximate surface area is 117 Å². The van der Waals surface area contributed by atoms with E-state index in [2.05, 4.69) is 25.8 Å². The molecule has 0 aliphatic heterocycles. The van der Waals surface area contributed by atoms with Gasteiger partial charge in [0.1, 0.15) is 0 Å². The van der Waals surface area contributed by atoms with Crippen molar-refractivity contribution in [2.75, 3.05) is 10.6 Å². The highest BCUT2D eigenvalue weighted by Crippen LogP contribution is 2.11. The molecule has 0 spiro atoms. The van der Waals surface area contributed by atoms with E-state index in [1.54, 1.807) is 6.20 Å². The summed E-state index contributed by atoms with van der Waals surface area (Å²) in [7, 11) is 0. The van der Waals surface area contributed by atoms with Gasteiger partial charge in [-0.15, -0.1) is 5.10 Å². The van der Waals surface area contributed by atoms with Gasteiger partial charge >= 0.3 is 0 Å². The fourth-order valence-electron chi connectivity index (χ4n) is 1.53. The van der Waals surface area contributed by atoms with Crippen LogP contribution in [0.2, 0.25) is 5.02 Å². The zero-order chi connectivity index (χ0) is 13.7. The molecule has 0 radical (unpaired) electrons. The number of halogens is 1. The van der Waals surface area contributed by atoms with Crippen molar-refractivity contribution in [3.05, 3.63) is 41.0 Å². The third-order valence-electron chi connectivity index (χ3n) is 2.36. The van der Waals surface area contributed by atoms with Gasteiger partial charge in [-0.1, -0.05) is 23.7 Å². The quantitative estimate of drug-likeness (QED) is 0.880. The van der Waals surface area contributed by atoms with Crippen LogP contribution in [0.4, 0.5) is 11.8 Å². The normalized spacial score (nSPS) is 10.5. The smallest absolute Gasteiger partial charge is 0.244 e. The molecule has 2 N–H and O–H groups in total. The third-order valence-corrected chi connectivity index (χ3v) is 2.61. The van der Waals surface area contributed by atoms with Crippen LogP contribution in [-0.4, -0.2) is 21.2 Å². The lowest BCUT2D eigenvalue weighted by atomic mass is 10.2. The van der Waals surface area contributed by atoms with Gasteiger partial charge in [0.15, 0.2) is 5.82 Å². The Hall–Kier alpha value is -1.88. The molecule has 0 amide bonds. The van der Waals surface area contributed by atoms with Gasteiger partial charge in [-0.3, -0.25) is 0 Å². The zero-order valence-electron chi connectivity index (χ0n) is 10.9. The Bertz CT molecular complexity index is 527. The topological polar surface area (TPSA) is 62.7 Å². The van der Waals surface area contributed by atoms with E-state index in [1.807, 2.05) is 38.1 Å². The highest BCUT2D eigenvalue weighted by atomic mass is 35.5. The van der Waals surface area contributed by atoms with Gasteiger partial charge in [-0.05, 0) is 31.5 Å². The van der Waals surface area contributed by atoms with Crippen molar-refractivity contribution in [3.8, 4) is 0 Å². The van der Waals surface area contributed by atoms with Crippen LogP contribution in [-0.2, 0) is 6.54 Å². The van der Waals surface area contributed by atoms with Crippen LogP contribution in [0.15, 0.2) is 30.5 Å². The Kier molecular flexibility index (Phi) is 4.52. The molecule has 0 aliphatic carbocycles. The van der Waals surface area contributed by atoms with Crippen LogP contribution < -0.4 is 10.6 Å². The lowest BCUT2D eigenvalue weighted by Gasteiger charge is -2.09. The van der Waals surface area contributed by atoms with Crippen LogP contribution in [0, 0.1) is 0 Å². The van der Waals surface area contributed by atoms with E-state index < -0.39 is 0 Å². The maximum absolute atomic E-state index is 5.83. The van der Waals surface area contributed by atoms with E-state index in [-0.39, 0.29) is 0 Å². The van der Waals surface area contributed by atoms with Gasteiger partial charge in [-0.2, -0.15) is 10.1 Å². The lowest BCUT2D eigenvalue weighted by Crippen LogP contribution is -2.13. The summed E-state index contributed by atoms with van der Waals surface area (Å²) in [5.41, 5.74) is 1.11. The Balaban J connectivity index is 1.97. The highest BCUT2D eigenvalue weighted by molar-refractivity contribution is 6.30. The van der Waals surface area contributed by atoms with Gasteiger partial charge in [0.2, 0.25) is 5.95 Å². The Morgan fingerprint density at radius 1 is 1.21 bits per heavy atom. The molecule has 0 bridgehead atoms. The van der Waals surface area contributed by atoms with Gasteiger partial charge in [0.05, 0.1) is 6.20 Å². The largest absolute Gasteiger partial charge is 0.366 e. The third kappa shape index (κ3) is 4.37. The summed E-state index contributed by atoms with van der Waals surface area (Å²) in [6.07, 6.45) is 1.60. The lowest BCUT2D eigenvalue weighted by molar-refractivity contribution is 0.868. The van der Waals surface area contributed by atoms with Crippen LogP contribution in [0.25, 0.3) is 0 Å². The van der Waals surface area contributed by atoms with Crippen LogP contribution in [0.1, 0.15) is 19.4 Å². The molecule has 100 valence electrons. The molecule has 6 heteroatoms. The molecule has 0 saturated heterocycles. The first-order valence-corrected chi connectivity index (χ1v) is 6.46.